The van der Waals surface area contributed by atoms with Gasteiger partial charge in [0.25, 0.3) is 0 Å². The maximum absolute atomic E-state index is 5.62. The van der Waals surface area contributed by atoms with Crippen LogP contribution in [0, 0.1) is 12.8 Å². The summed E-state index contributed by atoms with van der Waals surface area (Å²) in [6.07, 6.45) is 0. The SMILES string of the molecule is Cc1ccc(OCC2CNC2)cc1.Cl. The largest absolute Gasteiger partial charge is 0.493 e. The molecule has 0 radical (unpaired) electrons. The van der Waals surface area contributed by atoms with Gasteiger partial charge >= 0.3 is 0 Å². The molecule has 0 atom stereocenters. The van der Waals surface area contributed by atoms with Crippen LogP contribution in [0.3, 0.4) is 0 Å². The van der Waals surface area contributed by atoms with Crippen LogP contribution in [-0.4, -0.2) is 19.7 Å². The molecular formula is C11H16ClNO. The van der Waals surface area contributed by atoms with E-state index in [9.17, 15) is 0 Å². The van der Waals surface area contributed by atoms with Gasteiger partial charge in [0.05, 0.1) is 6.61 Å². The highest BCUT2D eigenvalue weighted by Gasteiger charge is 2.16. The molecule has 1 aromatic rings. The standard InChI is InChI=1S/C11H15NO.ClH/c1-9-2-4-11(5-3-9)13-8-10-6-12-7-10;/h2-5,10,12H,6-8H2,1H3;1H. The second kappa shape index (κ2) is 5.23. The van der Waals surface area contributed by atoms with Gasteiger partial charge in [0.2, 0.25) is 0 Å². The minimum atomic E-state index is 0. The van der Waals surface area contributed by atoms with Gasteiger partial charge in [-0.05, 0) is 19.1 Å². The maximum Gasteiger partial charge on any atom is 0.119 e. The van der Waals surface area contributed by atoms with Crippen molar-refractivity contribution in [2.75, 3.05) is 19.7 Å². The average molecular weight is 214 g/mol. The van der Waals surface area contributed by atoms with Crippen LogP contribution in [0.2, 0.25) is 0 Å². The van der Waals surface area contributed by atoms with Crippen LogP contribution in [0.4, 0.5) is 0 Å². The molecule has 0 unspecified atom stereocenters. The normalized spacial score (nSPS) is 15.5. The third-order valence-corrected chi connectivity index (χ3v) is 2.37. The highest BCUT2D eigenvalue weighted by atomic mass is 35.5. The third-order valence-electron chi connectivity index (χ3n) is 2.37. The van der Waals surface area contributed by atoms with Crippen molar-refractivity contribution in [1.82, 2.24) is 5.32 Å². The first kappa shape index (κ1) is 11.3. The zero-order valence-electron chi connectivity index (χ0n) is 8.32. The van der Waals surface area contributed by atoms with E-state index in [1.54, 1.807) is 0 Å². The van der Waals surface area contributed by atoms with Crippen molar-refractivity contribution in [3.05, 3.63) is 29.8 Å². The third kappa shape index (κ3) is 2.89. The topological polar surface area (TPSA) is 21.3 Å². The average Bonchev–Trinajstić information content (AvgIpc) is 2.05. The molecule has 1 aliphatic heterocycles. The van der Waals surface area contributed by atoms with Crippen LogP contribution < -0.4 is 10.1 Å². The van der Waals surface area contributed by atoms with E-state index in [-0.39, 0.29) is 12.4 Å². The van der Waals surface area contributed by atoms with Gasteiger partial charge in [0.15, 0.2) is 0 Å². The van der Waals surface area contributed by atoms with Crippen molar-refractivity contribution in [3.63, 3.8) is 0 Å². The van der Waals surface area contributed by atoms with E-state index in [0.29, 0.717) is 5.92 Å². The first-order valence-electron chi connectivity index (χ1n) is 4.75. The molecule has 0 spiro atoms. The molecule has 14 heavy (non-hydrogen) atoms. The first-order chi connectivity index (χ1) is 6.34. The molecule has 3 heteroatoms. The maximum atomic E-state index is 5.62. The highest BCUT2D eigenvalue weighted by molar-refractivity contribution is 5.85. The molecule has 0 bridgehead atoms. The lowest BCUT2D eigenvalue weighted by atomic mass is 10.1. The van der Waals surface area contributed by atoms with Crippen molar-refractivity contribution in [1.29, 1.82) is 0 Å². The Hall–Kier alpha value is -0.730. The van der Waals surface area contributed by atoms with Crippen LogP contribution >= 0.6 is 12.4 Å². The fourth-order valence-corrected chi connectivity index (χ4v) is 1.31. The van der Waals surface area contributed by atoms with Gasteiger partial charge in [0.1, 0.15) is 5.75 Å². The van der Waals surface area contributed by atoms with Gasteiger partial charge in [0, 0.05) is 19.0 Å². The van der Waals surface area contributed by atoms with Gasteiger partial charge in [-0.2, -0.15) is 0 Å². The molecule has 0 aliphatic carbocycles. The minimum absolute atomic E-state index is 0. The molecular weight excluding hydrogens is 198 g/mol. The molecule has 1 aliphatic rings. The summed E-state index contributed by atoms with van der Waals surface area (Å²) >= 11 is 0. The Morgan fingerprint density at radius 1 is 1.29 bits per heavy atom. The molecule has 0 amide bonds. The van der Waals surface area contributed by atoms with E-state index >= 15 is 0 Å². The molecule has 1 N–H and O–H groups in total. The van der Waals surface area contributed by atoms with Gasteiger partial charge in [-0.3, -0.25) is 0 Å². The summed E-state index contributed by atoms with van der Waals surface area (Å²) in [5.74, 6) is 1.69. The number of hydrogen-bond donors (Lipinski definition) is 1. The van der Waals surface area contributed by atoms with Gasteiger partial charge < -0.3 is 10.1 Å². The summed E-state index contributed by atoms with van der Waals surface area (Å²) in [5.41, 5.74) is 1.28. The van der Waals surface area contributed by atoms with Crippen molar-refractivity contribution in [2.24, 2.45) is 5.92 Å². The Morgan fingerprint density at radius 2 is 1.93 bits per heavy atom. The Morgan fingerprint density at radius 3 is 2.43 bits per heavy atom. The van der Waals surface area contributed by atoms with Crippen LogP contribution in [0.25, 0.3) is 0 Å². The summed E-state index contributed by atoms with van der Waals surface area (Å²) < 4.78 is 5.62. The molecule has 1 heterocycles. The molecule has 78 valence electrons. The Balaban J connectivity index is 0.000000980. The molecule has 0 aromatic heterocycles. The lowest BCUT2D eigenvalue weighted by Gasteiger charge is -2.26. The number of benzene rings is 1. The molecule has 0 saturated carbocycles. The molecule has 2 nitrogen and oxygen atoms in total. The summed E-state index contributed by atoms with van der Waals surface area (Å²) in [7, 11) is 0. The second-order valence-corrected chi connectivity index (χ2v) is 3.65. The van der Waals surface area contributed by atoms with Crippen molar-refractivity contribution in [2.45, 2.75) is 6.92 Å². The van der Waals surface area contributed by atoms with Crippen LogP contribution in [0.15, 0.2) is 24.3 Å². The molecule has 1 saturated heterocycles. The van der Waals surface area contributed by atoms with Crippen LogP contribution in [-0.2, 0) is 0 Å². The lowest BCUT2D eigenvalue weighted by Crippen LogP contribution is -2.45. The summed E-state index contributed by atoms with van der Waals surface area (Å²) in [6, 6.07) is 8.21. The smallest absolute Gasteiger partial charge is 0.119 e. The monoisotopic (exact) mass is 213 g/mol. The predicted molar refractivity (Wildman–Crippen MR) is 60.3 cm³/mol. The first-order valence-corrected chi connectivity index (χ1v) is 4.75. The summed E-state index contributed by atoms with van der Waals surface area (Å²) in [4.78, 5) is 0. The van der Waals surface area contributed by atoms with Crippen molar-refractivity contribution >= 4 is 12.4 Å². The van der Waals surface area contributed by atoms with Crippen molar-refractivity contribution < 1.29 is 4.74 Å². The van der Waals surface area contributed by atoms with Gasteiger partial charge in [-0.25, -0.2) is 0 Å². The fraction of sp³-hybridized carbons (Fsp3) is 0.455. The lowest BCUT2D eigenvalue weighted by molar-refractivity contribution is 0.199. The quantitative estimate of drug-likeness (QED) is 0.830. The zero-order valence-corrected chi connectivity index (χ0v) is 9.14. The minimum Gasteiger partial charge on any atom is -0.493 e. The highest BCUT2D eigenvalue weighted by Crippen LogP contribution is 2.13. The van der Waals surface area contributed by atoms with Crippen LogP contribution in [0.1, 0.15) is 5.56 Å². The zero-order chi connectivity index (χ0) is 9.10. The number of ether oxygens (including phenoxy) is 1. The van der Waals surface area contributed by atoms with E-state index < -0.39 is 0 Å². The summed E-state index contributed by atoms with van der Waals surface area (Å²) in [6.45, 7) is 5.13. The molecule has 1 aromatic carbocycles. The Bertz CT molecular complexity index is 269. The second-order valence-electron chi connectivity index (χ2n) is 3.65. The van der Waals surface area contributed by atoms with E-state index in [4.69, 9.17) is 4.74 Å². The van der Waals surface area contributed by atoms with Crippen molar-refractivity contribution in [3.8, 4) is 5.75 Å². The van der Waals surface area contributed by atoms with E-state index in [1.807, 2.05) is 12.1 Å². The number of rotatable bonds is 3. The van der Waals surface area contributed by atoms with Gasteiger partial charge in [-0.1, -0.05) is 17.7 Å². The van der Waals surface area contributed by atoms with E-state index in [1.165, 1.54) is 5.56 Å². The Kier molecular flexibility index (Phi) is 4.23. The van der Waals surface area contributed by atoms with Crippen LogP contribution in [0.5, 0.6) is 5.75 Å². The Labute approximate surface area is 91.1 Å². The predicted octanol–water partition coefficient (Wildman–Crippen LogP) is 2.02. The summed E-state index contributed by atoms with van der Waals surface area (Å²) in [5, 5.41) is 3.23. The van der Waals surface area contributed by atoms with E-state index in [0.717, 1.165) is 25.4 Å². The van der Waals surface area contributed by atoms with E-state index in [2.05, 4.69) is 24.4 Å². The number of nitrogens with one attached hydrogen (secondary N) is 1. The fourth-order valence-electron chi connectivity index (χ4n) is 1.31. The number of aryl methyl sites for hydroxylation is 1. The molecule has 2 rings (SSSR count). The number of halogens is 1. The van der Waals surface area contributed by atoms with Gasteiger partial charge in [-0.15, -0.1) is 12.4 Å². The number of hydrogen-bond acceptors (Lipinski definition) is 2. The molecule has 1 fully saturated rings.